The molecule has 0 saturated heterocycles. The first-order chi connectivity index (χ1) is 13.5. The predicted molar refractivity (Wildman–Crippen MR) is 113 cm³/mol. The predicted octanol–water partition coefficient (Wildman–Crippen LogP) is 5.20. The van der Waals surface area contributed by atoms with Gasteiger partial charge in [0.2, 0.25) is 5.95 Å². The first-order valence-electron chi connectivity index (χ1n) is 9.18. The Bertz CT molecular complexity index is 1110. The number of anilines is 4. The van der Waals surface area contributed by atoms with Gasteiger partial charge in [-0.05, 0) is 29.2 Å². The van der Waals surface area contributed by atoms with Crippen LogP contribution in [0.2, 0.25) is 0 Å². The topological polar surface area (TPSA) is 75.6 Å². The second-order valence-corrected chi connectivity index (χ2v) is 7.59. The third-order valence-corrected chi connectivity index (χ3v) is 4.44. The largest absolute Gasteiger partial charge is 0.337 e. The number of para-hydroxylation sites is 2. The molecule has 28 heavy (non-hydrogen) atoms. The quantitative estimate of drug-likeness (QED) is 0.514. The van der Waals surface area contributed by atoms with Gasteiger partial charge in [-0.2, -0.15) is 10.1 Å². The summed E-state index contributed by atoms with van der Waals surface area (Å²) in [7, 11) is 0. The van der Waals surface area contributed by atoms with E-state index in [1.807, 2.05) is 48.5 Å². The van der Waals surface area contributed by atoms with Crippen LogP contribution in [0.4, 0.5) is 23.1 Å². The number of aromatic nitrogens is 4. The monoisotopic (exact) mass is 370 g/mol. The standard InChI is InChI=1S/C22H22N6/c1-22(2,3)16-10-4-5-11-17(16)26-21-27-19(14-24-28-21)25-18-12-6-8-15-9-7-13-23-20(15)18/h4-14H,1-3H3,(H2,25,26,27,28). The van der Waals surface area contributed by atoms with Crippen molar-refractivity contribution in [2.45, 2.75) is 26.2 Å². The van der Waals surface area contributed by atoms with Crippen molar-refractivity contribution in [3.05, 3.63) is 72.6 Å². The molecule has 140 valence electrons. The molecule has 0 aliphatic rings. The van der Waals surface area contributed by atoms with Crippen molar-refractivity contribution < 1.29 is 0 Å². The van der Waals surface area contributed by atoms with Crippen LogP contribution in [0, 0.1) is 0 Å². The minimum absolute atomic E-state index is 0.00149. The average molecular weight is 370 g/mol. The second kappa shape index (κ2) is 7.23. The van der Waals surface area contributed by atoms with Crippen LogP contribution in [0.15, 0.2) is 67.0 Å². The molecule has 0 aliphatic carbocycles. The Labute approximate surface area is 164 Å². The molecule has 2 aromatic carbocycles. The highest BCUT2D eigenvalue weighted by Gasteiger charge is 2.18. The lowest BCUT2D eigenvalue weighted by Gasteiger charge is -2.22. The van der Waals surface area contributed by atoms with Gasteiger partial charge in [0.25, 0.3) is 0 Å². The van der Waals surface area contributed by atoms with Gasteiger partial charge in [0.05, 0.1) is 17.4 Å². The molecule has 0 bridgehead atoms. The molecule has 2 N–H and O–H groups in total. The summed E-state index contributed by atoms with van der Waals surface area (Å²) in [6.45, 7) is 6.54. The van der Waals surface area contributed by atoms with Gasteiger partial charge < -0.3 is 10.6 Å². The Morgan fingerprint density at radius 1 is 0.821 bits per heavy atom. The molecule has 2 heterocycles. The fourth-order valence-corrected chi connectivity index (χ4v) is 3.13. The highest BCUT2D eigenvalue weighted by atomic mass is 15.3. The van der Waals surface area contributed by atoms with Crippen molar-refractivity contribution in [3.63, 3.8) is 0 Å². The zero-order valence-electron chi connectivity index (χ0n) is 16.1. The van der Waals surface area contributed by atoms with E-state index in [0.717, 1.165) is 22.3 Å². The van der Waals surface area contributed by atoms with Gasteiger partial charge in [0, 0.05) is 17.3 Å². The van der Waals surface area contributed by atoms with Crippen molar-refractivity contribution >= 4 is 34.0 Å². The second-order valence-electron chi connectivity index (χ2n) is 7.59. The van der Waals surface area contributed by atoms with E-state index in [9.17, 15) is 0 Å². The maximum Gasteiger partial charge on any atom is 0.249 e. The van der Waals surface area contributed by atoms with Crippen molar-refractivity contribution in [2.75, 3.05) is 10.6 Å². The van der Waals surface area contributed by atoms with E-state index in [4.69, 9.17) is 0 Å². The van der Waals surface area contributed by atoms with Gasteiger partial charge in [0.1, 0.15) is 0 Å². The maximum atomic E-state index is 4.57. The van der Waals surface area contributed by atoms with Gasteiger partial charge in [-0.25, -0.2) is 0 Å². The number of nitrogens with zero attached hydrogens (tertiary/aromatic N) is 4. The molecule has 0 amide bonds. The molecule has 6 nitrogen and oxygen atoms in total. The van der Waals surface area contributed by atoms with Crippen LogP contribution in [-0.2, 0) is 5.41 Å². The van der Waals surface area contributed by atoms with Crippen LogP contribution in [-0.4, -0.2) is 20.2 Å². The van der Waals surface area contributed by atoms with E-state index in [1.54, 1.807) is 12.4 Å². The number of fused-ring (bicyclic) bond motifs is 1. The van der Waals surface area contributed by atoms with Crippen molar-refractivity contribution in [3.8, 4) is 0 Å². The Morgan fingerprint density at radius 2 is 1.61 bits per heavy atom. The number of nitrogens with one attached hydrogen (secondary N) is 2. The van der Waals surface area contributed by atoms with Crippen LogP contribution in [0.1, 0.15) is 26.3 Å². The highest BCUT2D eigenvalue weighted by molar-refractivity contribution is 5.91. The Balaban J connectivity index is 1.63. The van der Waals surface area contributed by atoms with E-state index in [0.29, 0.717) is 11.8 Å². The van der Waals surface area contributed by atoms with Gasteiger partial charge in [0.15, 0.2) is 5.82 Å². The first-order valence-corrected chi connectivity index (χ1v) is 9.18. The lowest BCUT2D eigenvalue weighted by molar-refractivity contribution is 0.592. The smallest absolute Gasteiger partial charge is 0.249 e. The van der Waals surface area contributed by atoms with Crippen LogP contribution >= 0.6 is 0 Å². The molecular weight excluding hydrogens is 348 g/mol. The molecule has 0 aliphatic heterocycles. The third kappa shape index (κ3) is 3.76. The fourth-order valence-electron chi connectivity index (χ4n) is 3.13. The van der Waals surface area contributed by atoms with Crippen LogP contribution in [0.25, 0.3) is 10.9 Å². The summed E-state index contributed by atoms with van der Waals surface area (Å²) < 4.78 is 0. The van der Waals surface area contributed by atoms with E-state index in [-0.39, 0.29) is 5.41 Å². The summed E-state index contributed by atoms with van der Waals surface area (Å²) in [6.07, 6.45) is 3.38. The van der Waals surface area contributed by atoms with E-state index in [1.165, 1.54) is 5.56 Å². The number of benzene rings is 2. The van der Waals surface area contributed by atoms with Gasteiger partial charge in [-0.3, -0.25) is 4.98 Å². The SMILES string of the molecule is CC(C)(C)c1ccccc1Nc1nncc(Nc2cccc3cccnc23)n1. The molecule has 0 saturated carbocycles. The number of hydrogen-bond acceptors (Lipinski definition) is 6. The molecule has 0 spiro atoms. The fraction of sp³-hybridized carbons (Fsp3) is 0.182. The molecular formula is C22H22N6. The van der Waals surface area contributed by atoms with Crippen LogP contribution in [0.5, 0.6) is 0 Å². The molecule has 0 fully saturated rings. The number of pyridine rings is 1. The normalized spacial score (nSPS) is 11.4. The van der Waals surface area contributed by atoms with Crippen LogP contribution in [0.3, 0.4) is 0 Å². The van der Waals surface area contributed by atoms with E-state index < -0.39 is 0 Å². The highest BCUT2D eigenvalue weighted by Crippen LogP contribution is 2.31. The van der Waals surface area contributed by atoms with Crippen LogP contribution < -0.4 is 10.6 Å². The lowest BCUT2D eigenvalue weighted by Crippen LogP contribution is -2.14. The maximum absolute atomic E-state index is 4.57. The number of rotatable bonds is 4. The zero-order valence-corrected chi connectivity index (χ0v) is 16.1. The number of hydrogen-bond donors (Lipinski definition) is 2. The summed E-state index contributed by atoms with van der Waals surface area (Å²) in [6, 6.07) is 18.1. The van der Waals surface area contributed by atoms with E-state index >= 15 is 0 Å². The summed E-state index contributed by atoms with van der Waals surface area (Å²) in [4.78, 5) is 9.03. The summed E-state index contributed by atoms with van der Waals surface area (Å²) in [5.74, 6) is 1.04. The summed E-state index contributed by atoms with van der Waals surface area (Å²) in [5, 5.41) is 15.9. The zero-order chi connectivity index (χ0) is 19.6. The Hall–Kier alpha value is -3.54. The van der Waals surface area contributed by atoms with Crippen molar-refractivity contribution in [1.29, 1.82) is 0 Å². The Morgan fingerprint density at radius 3 is 2.46 bits per heavy atom. The molecule has 0 atom stereocenters. The van der Waals surface area contributed by atoms with E-state index in [2.05, 4.69) is 57.6 Å². The minimum Gasteiger partial charge on any atom is -0.337 e. The first kappa shape index (κ1) is 17.9. The molecule has 4 rings (SSSR count). The molecule has 2 aromatic heterocycles. The third-order valence-electron chi connectivity index (χ3n) is 4.44. The molecule has 0 radical (unpaired) electrons. The lowest BCUT2D eigenvalue weighted by atomic mass is 9.86. The van der Waals surface area contributed by atoms with Crippen molar-refractivity contribution in [2.24, 2.45) is 0 Å². The molecule has 4 aromatic rings. The van der Waals surface area contributed by atoms with Gasteiger partial charge >= 0.3 is 0 Å². The molecule has 6 heteroatoms. The minimum atomic E-state index is 0.00149. The van der Waals surface area contributed by atoms with Gasteiger partial charge in [-0.1, -0.05) is 57.2 Å². The van der Waals surface area contributed by atoms with Gasteiger partial charge in [-0.15, -0.1) is 5.10 Å². The van der Waals surface area contributed by atoms with Crippen molar-refractivity contribution in [1.82, 2.24) is 20.2 Å². The summed E-state index contributed by atoms with van der Waals surface area (Å²) >= 11 is 0. The summed E-state index contributed by atoms with van der Waals surface area (Å²) in [5.41, 5.74) is 3.92. The Kier molecular flexibility index (Phi) is 4.61. The molecule has 0 unspecified atom stereocenters. The average Bonchev–Trinajstić information content (AvgIpc) is 2.68.